The molecule has 0 unspecified atom stereocenters. The Morgan fingerprint density at radius 1 is 1.33 bits per heavy atom. The van der Waals surface area contributed by atoms with Crippen LogP contribution in [0.5, 0.6) is 0 Å². The Bertz CT molecular complexity index is 980. The quantitative estimate of drug-likeness (QED) is 0.431. The van der Waals surface area contributed by atoms with Gasteiger partial charge in [0.15, 0.2) is 6.61 Å². The number of nitrogen functional groups attached to an aromatic ring is 1. The van der Waals surface area contributed by atoms with Crippen LogP contribution in [0.3, 0.4) is 0 Å². The van der Waals surface area contributed by atoms with Gasteiger partial charge in [-0.05, 0) is 24.1 Å². The lowest BCUT2D eigenvalue weighted by molar-refractivity contribution is -0.136. The third kappa shape index (κ3) is 4.63. The molecule has 0 saturated carbocycles. The summed E-state index contributed by atoms with van der Waals surface area (Å²) in [5, 5.41) is 0. The number of ketones is 1. The average molecular weight is 375 g/mol. The predicted octanol–water partition coefficient (Wildman–Crippen LogP) is 0.817. The zero-order valence-electron chi connectivity index (χ0n) is 15.3. The number of ether oxygens (including phenoxy) is 1. The molecule has 0 bridgehead atoms. The number of esters is 1. The summed E-state index contributed by atoms with van der Waals surface area (Å²) < 4.78 is 11.8. The standard InChI is InChI=1S/C18H21N3O6/c1-11(2)9-21-16(19)15(17(24)20(3)18(21)25)13(22)10-27-14(23)7-6-12-5-4-8-26-12/h4-8,11H,9-10,19H2,1-3H3/b7-6+. The van der Waals surface area contributed by atoms with Crippen molar-refractivity contribution in [3.63, 3.8) is 0 Å². The van der Waals surface area contributed by atoms with Gasteiger partial charge in [0, 0.05) is 19.7 Å². The minimum absolute atomic E-state index is 0.0648. The molecule has 0 aliphatic carbocycles. The molecule has 0 saturated heterocycles. The van der Waals surface area contributed by atoms with Gasteiger partial charge in [-0.25, -0.2) is 9.59 Å². The Morgan fingerprint density at radius 3 is 2.63 bits per heavy atom. The summed E-state index contributed by atoms with van der Waals surface area (Å²) in [5.41, 5.74) is 4.08. The van der Waals surface area contributed by atoms with Gasteiger partial charge in [0.2, 0.25) is 5.78 Å². The van der Waals surface area contributed by atoms with Crippen molar-refractivity contribution in [3.8, 4) is 0 Å². The fourth-order valence-corrected chi connectivity index (χ4v) is 2.38. The molecule has 0 atom stereocenters. The molecule has 0 radical (unpaired) electrons. The molecule has 2 aromatic heterocycles. The van der Waals surface area contributed by atoms with Gasteiger partial charge in [-0.3, -0.25) is 18.7 Å². The lowest BCUT2D eigenvalue weighted by Gasteiger charge is -2.16. The molecule has 2 heterocycles. The number of anilines is 1. The van der Waals surface area contributed by atoms with Crippen LogP contribution in [-0.2, 0) is 23.1 Å². The first kappa shape index (κ1) is 20.0. The Hall–Kier alpha value is -3.36. The molecule has 9 nitrogen and oxygen atoms in total. The first-order chi connectivity index (χ1) is 12.7. The van der Waals surface area contributed by atoms with E-state index in [9.17, 15) is 19.2 Å². The molecule has 0 amide bonds. The number of hydrogen-bond donors (Lipinski definition) is 1. The zero-order chi connectivity index (χ0) is 20.1. The molecule has 27 heavy (non-hydrogen) atoms. The molecule has 2 aromatic rings. The topological polar surface area (TPSA) is 127 Å². The number of furan rings is 1. The summed E-state index contributed by atoms with van der Waals surface area (Å²) in [5.74, 6) is -1.30. The monoisotopic (exact) mass is 375 g/mol. The SMILES string of the molecule is CC(C)Cn1c(N)c(C(=O)COC(=O)/C=C/c2ccco2)c(=O)n(C)c1=O. The van der Waals surface area contributed by atoms with Gasteiger partial charge in [0.25, 0.3) is 5.56 Å². The number of rotatable bonds is 7. The lowest BCUT2D eigenvalue weighted by Crippen LogP contribution is -2.43. The summed E-state index contributed by atoms with van der Waals surface area (Å²) in [7, 11) is 1.26. The van der Waals surface area contributed by atoms with Gasteiger partial charge in [-0.2, -0.15) is 0 Å². The number of hydrogen-bond acceptors (Lipinski definition) is 7. The smallest absolute Gasteiger partial charge is 0.332 e. The van der Waals surface area contributed by atoms with Crippen molar-refractivity contribution >= 4 is 23.6 Å². The van der Waals surface area contributed by atoms with Gasteiger partial charge < -0.3 is 14.9 Å². The van der Waals surface area contributed by atoms with E-state index in [0.717, 1.165) is 15.2 Å². The van der Waals surface area contributed by atoms with Crippen LogP contribution in [0.1, 0.15) is 30.0 Å². The van der Waals surface area contributed by atoms with E-state index >= 15 is 0 Å². The van der Waals surface area contributed by atoms with Crippen LogP contribution in [0.25, 0.3) is 6.08 Å². The third-order valence-corrected chi connectivity index (χ3v) is 3.68. The number of nitrogens with zero attached hydrogens (tertiary/aromatic N) is 2. The van der Waals surface area contributed by atoms with Gasteiger partial charge in [0.1, 0.15) is 17.1 Å². The summed E-state index contributed by atoms with van der Waals surface area (Å²) in [6.45, 7) is 3.29. The van der Waals surface area contributed by atoms with Crippen molar-refractivity contribution in [1.82, 2.24) is 9.13 Å². The van der Waals surface area contributed by atoms with Crippen LogP contribution in [0.2, 0.25) is 0 Å². The van der Waals surface area contributed by atoms with E-state index in [-0.39, 0.29) is 23.8 Å². The van der Waals surface area contributed by atoms with Crippen molar-refractivity contribution in [2.45, 2.75) is 20.4 Å². The van der Waals surface area contributed by atoms with E-state index in [1.807, 2.05) is 13.8 Å². The molecular formula is C18H21N3O6. The third-order valence-electron chi connectivity index (χ3n) is 3.68. The largest absolute Gasteiger partial charge is 0.465 e. The van der Waals surface area contributed by atoms with Crippen LogP contribution in [0.4, 0.5) is 5.82 Å². The second kappa shape index (κ2) is 8.35. The van der Waals surface area contributed by atoms with Crippen molar-refractivity contribution in [3.05, 3.63) is 56.6 Å². The maximum atomic E-state index is 12.4. The molecule has 0 aliphatic rings. The van der Waals surface area contributed by atoms with Crippen molar-refractivity contribution in [2.75, 3.05) is 12.3 Å². The lowest BCUT2D eigenvalue weighted by atomic mass is 10.1. The van der Waals surface area contributed by atoms with Crippen LogP contribution in [0.15, 0.2) is 38.5 Å². The summed E-state index contributed by atoms with van der Waals surface area (Å²) in [6.07, 6.45) is 3.91. The molecule has 9 heteroatoms. The Kier molecular flexibility index (Phi) is 6.17. The number of carbonyl (C=O) groups excluding carboxylic acids is 2. The Morgan fingerprint density at radius 2 is 2.04 bits per heavy atom. The highest BCUT2D eigenvalue weighted by atomic mass is 16.5. The number of aromatic nitrogens is 2. The van der Waals surface area contributed by atoms with Gasteiger partial charge in [-0.1, -0.05) is 13.8 Å². The highest BCUT2D eigenvalue weighted by molar-refractivity contribution is 6.01. The predicted molar refractivity (Wildman–Crippen MR) is 98.2 cm³/mol. The molecular weight excluding hydrogens is 354 g/mol. The first-order valence-electron chi connectivity index (χ1n) is 8.23. The van der Waals surface area contributed by atoms with E-state index in [4.69, 9.17) is 14.9 Å². The highest BCUT2D eigenvalue weighted by Gasteiger charge is 2.22. The van der Waals surface area contributed by atoms with Crippen molar-refractivity contribution in [1.29, 1.82) is 0 Å². The zero-order valence-corrected chi connectivity index (χ0v) is 15.3. The molecule has 0 aromatic carbocycles. The Balaban J connectivity index is 2.20. The molecule has 0 spiro atoms. The normalized spacial score (nSPS) is 11.3. The summed E-state index contributed by atoms with van der Waals surface area (Å²) in [4.78, 5) is 48.6. The van der Waals surface area contributed by atoms with Gasteiger partial charge in [0.05, 0.1) is 6.26 Å². The second-order valence-electron chi connectivity index (χ2n) is 6.29. The van der Waals surface area contributed by atoms with Crippen LogP contribution >= 0.6 is 0 Å². The first-order valence-corrected chi connectivity index (χ1v) is 8.23. The molecule has 2 rings (SSSR count). The van der Waals surface area contributed by atoms with Crippen LogP contribution in [-0.4, -0.2) is 27.5 Å². The van der Waals surface area contributed by atoms with E-state index in [1.165, 1.54) is 19.4 Å². The minimum Gasteiger partial charge on any atom is -0.465 e. The number of Topliss-reactive ketones (excluding diaryl/α,β-unsaturated/α-hetero) is 1. The van der Waals surface area contributed by atoms with Crippen LogP contribution in [0, 0.1) is 5.92 Å². The van der Waals surface area contributed by atoms with E-state index in [0.29, 0.717) is 5.76 Å². The van der Waals surface area contributed by atoms with Crippen molar-refractivity contribution in [2.24, 2.45) is 13.0 Å². The summed E-state index contributed by atoms with van der Waals surface area (Å²) in [6, 6.07) is 3.29. The molecule has 0 aliphatic heterocycles. The maximum absolute atomic E-state index is 12.4. The van der Waals surface area contributed by atoms with E-state index in [2.05, 4.69) is 0 Å². The second-order valence-corrected chi connectivity index (χ2v) is 6.29. The molecule has 144 valence electrons. The Labute approximate surface area is 154 Å². The number of nitrogens with two attached hydrogens (primary N) is 1. The fourth-order valence-electron chi connectivity index (χ4n) is 2.38. The fraction of sp³-hybridized carbons (Fsp3) is 0.333. The van der Waals surface area contributed by atoms with E-state index < -0.39 is 29.6 Å². The van der Waals surface area contributed by atoms with Gasteiger partial charge in [-0.15, -0.1) is 0 Å². The maximum Gasteiger partial charge on any atom is 0.332 e. The highest BCUT2D eigenvalue weighted by Crippen LogP contribution is 2.09. The number of carbonyl (C=O) groups is 2. The van der Waals surface area contributed by atoms with Gasteiger partial charge >= 0.3 is 11.7 Å². The van der Waals surface area contributed by atoms with Crippen LogP contribution < -0.4 is 17.0 Å². The van der Waals surface area contributed by atoms with E-state index in [1.54, 1.807) is 12.1 Å². The molecule has 0 fully saturated rings. The summed E-state index contributed by atoms with van der Waals surface area (Å²) >= 11 is 0. The minimum atomic E-state index is -0.829. The average Bonchev–Trinajstić information content (AvgIpc) is 3.13. The van der Waals surface area contributed by atoms with Crippen molar-refractivity contribution < 1.29 is 18.7 Å². The molecule has 2 N–H and O–H groups in total.